The molecule has 0 amide bonds. The molecule has 1 aromatic heterocycles. The predicted octanol–water partition coefficient (Wildman–Crippen LogP) is 2.53. The summed E-state index contributed by atoms with van der Waals surface area (Å²) in [5.41, 5.74) is 1.19. The molecule has 1 unspecified atom stereocenters. The van der Waals surface area contributed by atoms with E-state index in [4.69, 9.17) is 4.74 Å². The van der Waals surface area contributed by atoms with Gasteiger partial charge < -0.3 is 14.4 Å². The Morgan fingerprint density at radius 2 is 2.05 bits per heavy atom. The maximum atomic E-state index is 10.0. The molecule has 6 heteroatoms. The number of aliphatic hydroxyl groups is 1. The van der Waals surface area contributed by atoms with E-state index in [2.05, 4.69) is 10.2 Å². The van der Waals surface area contributed by atoms with Crippen LogP contribution in [0, 0.1) is 6.92 Å². The molecule has 1 atom stereocenters. The maximum Gasteiger partial charge on any atom is 0.191 e. The molecule has 118 valence electrons. The quantitative estimate of drug-likeness (QED) is 0.795. The van der Waals surface area contributed by atoms with Crippen LogP contribution in [0.4, 0.5) is 0 Å². The summed E-state index contributed by atoms with van der Waals surface area (Å²) < 4.78 is 7.63. The Bertz CT molecular complexity index is 623. The Morgan fingerprint density at radius 1 is 1.32 bits per heavy atom. The normalized spacial score (nSPS) is 15.8. The van der Waals surface area contributed by atoms with E-state index in [9.17, 15) is 5.11 Å². The first-order valence-corrected chi connectivity index (χ1v) is 8.51. The average Bonchev–Trinajstić information content (AvgIpc) is 3.29. The van der Waals surface area contributed by atoms with E-state index in [1.165, 1.54) is 30.2 Å². The minimum absolute atomic E-state index is 0.281. The standard InChI is InChI=1S/C16H21N3O2S/c1-11-3-7-14(8-4-11)21-9-13(20)10-22-16-18-17-15(19(16)2)12-5-6-12/h3-4,7-8,12-13,20H,5-6,9-10H2,1-2H3. The summed E-state index contributed by atoms with van der Waals surface area (Å²) in [6, 6.07) is 7.82. The fraction of sp³-hybridized carbons (Fsp3) is 0.500. The van der Waals surface area contributed by atoms with Gasteiger partial charge in [-0.05, 0) is 31.9 Å². The van der Waals surface area contributed by atoms with Crippen LogP contribution in [0.5, 0.6) is 5.75 Å². The molecule has 2 aromatic rings. The number of hydrogen-bond acceptors (Lipinski definition) is 5. The van der Waals surface area contributed by atoms with Crippen molar-refractivity contribution in [3.8, 4) is 5.75 Å². The van der Waals surface area contributed by atoms with Crippen LogP contribution in [-0.4, -0.2) is 38.3 Å². The van der Waals surface area contributed by atoms with Gasteiger partial charge in [0.2, 0.25) is 0 Å². The largest absolute Gasteiger partial charge is 0.491 e. The lowest BCUT2D eigenvalue weighted by Crippen LogP contribution is -2.20. The summed E-state index contributed by atoms with van der Waals surface area (Å²) in [6.07, 6.45) is 1.89. The molecule has 0 aliphatic heterocycles. The highest BCUT2D eigenvalue weighted by atomic mass is 32.2. The molecule has 22 heavy (non-hydrogen) atoms. The van der Waals surface area contributed by atoms with Crippen molar-refractivity contribution < 1.29 is 9.84 Å². The van der Waals surface area contributed by atoms with Gasteiger partial charge in [0.05, 0.1) is 6.10 Å². The monoisotopic (exact) mass is 319 g/mol. The molecule has 0 radical (unpaired) electrons. The number of aryl methyl sites for hydroxylation is 1. The highest BCUT2D eigenvalue weighted by Gasteiger charge is 2.29. The maximum absolute atomic E-state index is 10.0. The van der Waals surface area contributed by atoms with Crippen LogP contribution in [0.2, 0.25) is 0 Å². The zero-order valence-electron chi connectivity index (χ0n) is 12.9. The van der Waals surface area contributed by atoms with Gasteiger partial charge in [-0.2, -0.15) is 0 Å². The Labute approximate surface area is 134 Å². The van der Waals surface area contributed by atoms with Gasteiger partial charge in [-0.25, -0.2) is 0 Å². The Morgan fingerprint density at radius 3 is 2.73 bits per heavy atom. The molecule has 1 aliphatic rings. The second kappa shape index (κ2) is 6.71. The van der Waals surface area contributed by atoms with Crippen LogP contribution in [-0.2, 0) is 7.05 Å². The second-order valence-corrected chi connectivity index (χ2v) is 6.75. The third-order valence-electron chi connectivity index (χ3n) is 3.68. The molecule has 1 heterocycles. The number of hydrogen-bond donors (Lipinski definition) is 1. The summed E-state index contributed by atoms with van der Waals surface area (Å²) in [5, 5.41) is 19.3. The molecule has 1 fully saturated rings. The number of rotatable bonds is 7. The summed E-state index contributed by atoms with van der Waals surface area (Å²) in [4.78, 5) is 0. The van der Waals surface area contributed by atoms with Crippen LogP contribution in [0.1, 0.15) is 30.1 Å². The Balaban J connectivity index is 1.45. The number of ether oxygens (including phenoxy) is 1. The molecule has 1 aliphatic carbocycles. The molecule has 0 bridgehead atoms. The van der Waals surface area contributed by atoms with E-state index in [-0.39, 0.29) is 6.61 Å². The van der Waals surface area contributed by atoms with Crippen molar-refractivity contribution in [2.75, 3.05) is 12.4 Å². The highest BCUT2D eigenvalue weighted by Crippen LogP contribution is 2.39. The van der Waals surface area contributed by atoms with Gasteiger partial charge in [0.1, 0.15) is 18.2 Å². The first-order valence-electron chi connectivity index (χ1n) is 7.53. The van der Waals surface area contributed by atoms with Crippen molar-refractivity contribution in [2.24, 2.45) is 7.05 Å². The van der Waals surface area contributed by atoms with Crippen molar-refractivity contribution in [2.45, 2.75) is 36.9 Å². The predicted molar refractivity (Wildman–Crippen MR) is 86.4 cm³/mol. The SMILES string of the molecule is Cc1ccc(OCC(O)CSc2nnc(C3CC3)n2C)cc1. The number of benzene rings is 1. The zero-order chi connectivity index (χ0) is 15.5. The van der Waals surface area contributed by atoms with E-state index in [0.717, 1.165) is 16.7 Å². The Kier molecular flexibility index (Phi) is 4.69. The molecular formula is C16H21N3O2S. The van der Waals surface area contributed by atoms with Crippen molar-refractivity contribution >= 4 is 11.8 Å². The van der Waals surface area contributed by atoms with E-state index < -0.39 is 6.10 Å². The van der Waals surface area contributed by atoms with Gasteiger partial charge in [-0.15, -0.1) is 10.2 Å². The van der Waals surface area contributed by atoms with Crippen LogP contribution < -0.4 is 4.74 Å². The first-order chi connectivity index (χ1) is 10.6. The van der Waals surface area contributed by atoms with Crippen molar-refractivity contribution in [3.05, 3.63) is 35.7 Å². The summed E-state index contributed by atoms with van der Waals surface area (Å²) >= 11 is 1.52. The number of aromatic nitrogens is 3. The summed E-state index contributed by atoms with van der Waals surface area (Å²) in [6.45, 7) is 2.31. The van der Waals surface area contributed by atoms with E-state index in [1.54, 1.807) is 0 Å². The van der Waals surface area contributed by atoms with Gasteiger partial charge >= 0.3 is 0 Å². The van der Waals surface area contributed by atoms with Gasteiger partial charge in [0, 0.05) is 18.7 Å². The van der Waals surface area contributed by atoms with E-state index >= 15 is 0 Å². The molecule has 1 saturated carbocycles. The number of nitrogens with zero attached hydrogens (tertiary/aromatic N) is 3. The van der Waals surface area contributed by atoms with E-state index in [1.807, 2.05) is 42.8 Å². The molecule has 1 aromatic carbocycles. The van der Waals surface area contributed by atoms with Gasteiger partial charge in [0.25, 0.3) is 0 Å². The minimum Gasteiger partial charge on any atom is -0.491 e. The van der Waals surface area contributed by atoms with Crippen molar-refractivity contribution in [1.82, 2.24) is 14.8 Å². The van der Waals surface area contributed by atoms with Crippen LogP contribution in [0.15, 0.2) is 29.4 Å². The molecule has 3 rings (SSSR count). The number of aliphatic hydroxyl groups excluding tert-OH is 1. The molecule has 5 nitrogen and oxygen atoms in total. The topological polar surface area (TPSA) is 60.2 Å². The fourth-order valence-electron chi connectivity index (χ4n) is 2.19. The molecular weight excluding hydrogens is 298 g/mol. The summed E-state index contributed by atoms with van der Waals surface area (Å²) in [5.74, 6) is 2.97. The highest BCUT2D eigenvalue weighted by molar-refractivity contribution is 7.99. The fourth-order valence-corrected chi connectivity index (χ4v) is 3.02. The van der Waals surface area contributed by atoms with Gasteiger partial charge in [-0.1, -0.05) is 29.5 Å². The lowest BCUT2D eigenvalue weighted by Gasteiger charge is -2.12. The van der Waals surface area contributed by atoms with Crippen molar-refractivity contribution in [1.29, 1.82) is 0 Å². The molecule has 0 saturated heterocycles. The van der Waals surface area contributed by atoms with Crippen LogP contribution in [0.3, 0.4) is 0 Å². The smallest absolute Gasteiger partial charge is 0.191 e. The summed E-state index contributed by atoms with van der Waals surface area (Å²) in [7, 11) is 1.99. The minimum atomic E-state index is -0.535. The lowest BCUT2D eigenvalue weighted by molar-refractivity contribution is 0.126. The second-order valence-electron chi connectivity index (χ2n) is 5.76. The van der Waals surface area contributed by atoms with Crippen LogP contribution >= 0.6 is 11.8 Å². The average molecular weight is 319 g/mol. The van der Waals surface area contributed by atoms with Gasteiger partial charge in [-0.3, -0.25) is 0 Å². The molecule has 1 N–H and O–H groups in total. The third kappa shape index (κ3) is 3.81. The Hall–Kier alpha value is -1.53. The molecule has 0 spiro atoms. The first kappa shape index (κ1) is 15.4. The van der Waals surface area contributed by atoms with Gasteiger partial charge in [0.15, 0.2) is 5.16 Å². The zero-order valence-corrected chi connectivity index (χ0v) is 13.7. The van der Waals surface area contributed by atoms with E-state index in [0.29, 0.717) is 11.7 Å². The number of thioether (sulfide) groups is 1. The van der Waals surface area contributed by atoms with Crippen molar-refractivity contribution in [3.63, 3.8) is 0 Å². The lowest BCUT2D eigenvalue weighted by atomic mass is 10.2. The third-order valence-corrected chi connectivity index (χ3v) is 4.84. The van der Waals surface area contributed by atoms with Crippen LogP contribution in [0.25, 0.3) is 0 Å².